The van der Waals surface area contributed by atoms with E-state index >= 15 is 0 Å². The van der Waals surface area contributed by atoms with Gasteiger partial charge >= 0.3 is 0 Å². The summed E-state index contributed by atoms with van der Waals surface area (Å²) in [6, 6.07) is 1.95. The molecule has 0 bridgehead atoms. The van der Waals surface area contributed by atoms with Crippen molar-refractivity contribution in [2.24, 2.45) is 0 Å². The molecule has 1 amide bonds. The zero-order chi connectivity index (χ0) is 18.2. The van der Waals surface area contributed by atoms with Crippen LogP contribution in [0.1, 0.15) is 76.0 Å². The Labute approximate surface area is 150 Å². The van der Waals surface area contributed by atoms with Crippen LogP contribution in [0.2, 0.25) is 0 Å². The van der Waals surface area contributed by atoms with Crippen LogP contribution in [0.4, 0.5) is 0 Å². The van der Waals surface area contributed by atoms with E-state index in [1.807, 2.05) is 15.6 Å². The number of carbonyl (C=O) groups is 1. The zero-order valence-electron chi connectivity index (χ0n) is 16.1. The number of nitrogens with zero attached hydrogens (tertiary/aromatic N) is 3. The van der Waals surface area contributed by atoms with E-state index in [1.54, 1.807) is 0 Å². The van der Waals surface area contributed by atoms with Crippen molar-refractivity contribution >= 4 is 5.91 Å². The molecule has 0 spiro atoms. The average Bonchev–Trinajstić information content (AvgIpc) is 3.23. The fourth-order valence-electron chi connectivity index (χ4n) is 3.69. The van der Waals surface area contributed by atoms with E-state index in [2.05, 4.69) is 39.7 Å². The maximum atomic E-state index is 13.2. The fraction of sp³-hybridized carbons (Fsp3) is 0.789. The summed E-state index contributed by atoms with van der Waals surface area (Å²) < 4.78 is 13.4. The Morgan fingerprint density at radius 2 is 1.92 bits per heavy atom. The predicted octanol–water partition coefficient (Wildman–Crippen LogP) is 3.13. The molecule has 1 unspecified atom stereocenters. The second-order valence-corrected chi connectivity index (χ2v) is 8.36. The summed E-state index contributed by atoms with van der Waals surface area (Å²) in [7, 11) is 0. The van der Waals surface area contributed by atoms with Crippen molar-refractivity contribution in [1.82, 2.24) is 14.7 Å². The topological polar surface area (TPSA) is 56.6 Å². The summed E-state index contributed by atoms with van der Waals surface area (Å²) in [5.41, 5.74) is 1.47. The summed E-state index contributed by atoms with van der Waals surface area (Å²) in [4.78, 5) is 15.1. The molecule has 3 heterocycles. The van der Waals surface area contributed by atoms with Crippen LogP contribution >= 0.6 is 0 Å². The number of amides is 1. The van der Waals surface area contributed by atoms with E-state index in [0.717, 1.165) is 31.5 Å². The van der Waals surface area contributed by atoms with Gasteiger partial charge in [0.15, 0.2) is 12.0 Å². The molecule has 6 heteroatoms. The molecule has 1 atom stereocenters. The SMILES string of the molecule is CC(C)c1cc(C(=O)N2CCCCC2C2OCCO2)nn1C(C)(C)C. The Balaban J connectivity index is 1.88. The van der Waals surface area contributed by atoms with Gasteiger partial charge in [-0.15, -0.1) is 0 Å². The van der Waals surface area contributed by atoms with Crippen molar-refractivity contribution in [2.75, 3.05) is 19.8 Å². The third-order valence-electron chi connectivity index (χ3n) is 4.95. The molecule has 0 radical (unpaired) electrons. The molecule has 140 valence electrons. The van der Waals surface area contributed by atoms with E-state index in [1.165, 1.54) is 0 Å². The number of likely N-dealkylation sites (tertiary alicyclic amines) is 1. The van der Waals surface area contributed by atoms with E-state index < -0.39 is 0 Å². The highest BCUT2D eigenvalue weighted by molar-refractivity contribution is 5.92. The van der Waals surface area contributed by atoms with Crippen LogP contribution in [0.15, 0.2) is 6.07 Å². The first-order valence-corrected chi connectivity index (χ1v) is 9.43. The Kier molecular flexibility index (Phi) is 5.21. The van der Waals surface area contributed by atoms with Crippen LogP contribution in [-0.2, 0) is 15.0 Å². The van der Waals surface area contributed by atoms with Crippen molar-refractivity contribution < 1.29 is 14.3 Å². The molecule has 0 aromatic carbocycles. The third-order valence-corrected chi connectivity index (χ3v) is 4.95. The second-order valence-electron chi connectivity index (χ2n) is 8.36. The van der Waals surface area contributed by atoms with Crippen molar-refractivity contribution in [2.45, 2.75) is 77.7 Å². The number of piperidine rings is 1. The lowest BCUT2D eigenvalue weighted by Crippen LogP contribution is -2.50. The fourth-order valence-corrected chi connectivity index (χ4v) is 3.69. The van der Waals surface area contributed by atoms with E-state index in [-0.39, 0.29) is 23.8 Å². The lowest BCUT2D eigenvalue weighted by Gasteiger charge is -2.37. The Morgan fingerprint density at radius 1 is 1.24 bits per heavy atom. The van der Waals surface area contributed by atoms with Crippen LogP contribution in [0.5, 0.6) is 0 Å². The van der Waals surface area contributed by atoms with E-state index in [9.17, 15) is 4.79 Å². The zero-order valence-corrected chi connectivity index (χ0v) is 16.1. The number of carbonyl (C=O) groups excluding carboxylic acids is 1. The largest absolute Gasteiger partial charge is 0.348 e. The van der Waals surface area contributed by atoms with Gasteiger partial charge in [-0.1, -0.05) is 13.8 Å². The minimum atomic E-state index is -0.293. The number of hydrogen-bond acceptors (Lipinski definition) is 4. The van der Waals surface area contributed by atoms with Crippen LogP contribution in [0, 0.1) is 0 Å². The quantitative estimate of drug-likeness (QED) is 0.841. The third kappa shape index (κ3) is 3.75. The Bertz CT molecular complexity index is 612. The molecule has 1 aromatic heterocycles. The second kappa shape index (κ2) is 7.08. The summed E-state index contributed by atoms with van der Waals surface area (Å²) in [6.45, 7) is 12.6. The maximum Gasteiger partial charge on any atom is 0.274 e. The Hall–Kier alpha value is -1.40. The van der Waals surface area contributed by atoms with E-state index in [4.69, 9.17) is 9.47 Å². The molecule has 2 fully saturated rings. The molecule has 6 nitrogen and oxygen atoms in total. The summed E-state index contributed by atoms with van der Waals surface area (Å²) >= 11 is 0. The Morgan fingerprint density at radius 3 is 2.48 bits per heavy atom. The van der Waals surface area contributed by atoms with Gasteiger partial charge in [-0.3, -0.25) is 9.48 Å². The molecule has 25 heavy (non-hydrogen) atoms. The molecular weight excluding hydrogens is 318 g/mol. The number of rotatable bonds is 3. The van der Waals surface area contributed by atoms with E-state index in [0.29, 0.717) is 24.8 Å². The predicted molar refractivity (Wildman–Crippen MR) is 95.7 cm³/mol. The first-order chi connectivity index (χ1) is 11.8. The smallest absolute Gasteiger partial charge is 0.274 e. The molecule has 3 rings (SSSR count). The molecule has 2 saturated heterocycles. The molecule has 2 aliphatic heterocycles. The van der Waals surface area contributed by atoms with Crippen molar-refractivity contribution in [1.29, 1.82) is 0 Å². The molecular formula is C19H31N3O3. The molecule has 2 aliphatic rings. The van der Waals surface area contributed by atoms with Gasteiger partial charge in [-0.2, -0.15) is 5.10 Å². The lowest BCUT2D eigenvalue weighted by atomic mass is 10.0. The minimum Gasteiger partial charge on any atom is -0.348 e. The molecule has 1 aromatic rings. The average molecular weight is 349 g/mol. The van der Waals surface area contributed by atoms with Gasteiger partial charge in [0.05, 0.1) is 24.8 Å². The number of ether oxygens (including phenoxy) is 2. The van der Waals surface area contributed by atoms with Gasteiger partial charge in [-0.25, -0.2) is 0 Å². The van der Waals surface area contributed by atoms with Gasteiger partial charge in [0.25, 0.3) is 5.91 Å². The number of aromatic nitrogens is 2. The molecule has 0 saturated carbocycles. The number of hydrogen-bond donors (Lipinski definition) is 0. The van der Waals surface area contributed by atoms with Crippen molar-refractivity contribution in [3.8, 4) is 0 Å². The van der Waals surface area contributed by atoms with Crippen LogP contribution in [0.25, 0.3) is 0 Å². The standard InChI is InChI=1S/C19H31N3O3/c1-13(2)16-12-14(20-22(16)19(3,4)5)17(23)21-9-7-6-8-15(21)18-24-10-11-25-18/h12-13,15,18H,6-11H2,1-5H3. The highest BCUT2D eigenvalue weighted by atomic mass is 16.7. The van der Waals surface area contributed by atoms with Crippen LogP contribution < -0.4 is 0 Å². The summed E-state index contributed by atoms with van der Waals surface area (Å²) in [5.74, 6) is 0.306. The van der Waals surface area contributed by atoms with Gasteiger partial charge in [0.1, 0.15) is 0 Å². The van der Waals surface area contributed by atoms with Crippen LogP contribution in [0.3, 0.4) is 0 Å². The van der Waals surface area contributed by atoms with Gasteiger partial charge in [0.2, 0.25) is 0 Å². The normalized spacial score (nSPS) is 22.8. The van der Waals surface area contributed by atoms with Gasteiger partial charge < -0.3 is 14.4 Å². The maximum absolute atomic E-state index is 13.2. The monoisotopic (exact) mass is 349 g/mol. The highest BCUT2D eigenvalue weighted by Crippen LogP contribution is 2.28. The van der Waals surface area contributed by atoms with Crippen LogP contribution in [-0.4, -0.2) is 52.7 Å². The first-order valence-electron chi connectivity index (χ1n) is 9.43. The first kappa shape index (κ1) is 18.4. The molecule has 0 N–H and O–H groups in total. The lowest BCUT2D eigenvalue weighted by molar-refractivity contribution is -0.100. The molecule has 0 aliphatic carbocycles. The summed E-state index contributed by atoms with van der Waals surface area (Å²) in [5, 5.41) is 4.68. The van der Waals surface area contributed by atoms with Gasteiger partial charge in [0, 0.05) is 12.2 Å². The highest BCUT2D eigenvalue weighted by Gasteiger charge is 2.37. The minimum absolute atomic E-state index is 0.00583. The summed E-state index contributed by atoms with van der Waals surface area (Å²) in [6.07, 6.45) is 2.75. The van der Waals surface area contributed by atoms with Crippen molar-refractivity contribution in [3.63, 3.8) is 0 Å². The van der Waals surface area contributed by atoms with Crippen molar-refractivity contribution in [3.05, 3.63) is 17.5 Å². The van der Waals surface area contributed by atoms with Gasteiger partial charge in [-0.05, 0) is 52.0 Å².